The summed E-state index contributed by atoms with van der Waals surface area (Å²) < 4.78 is 5.48. The minimum atomic E-state index is -0.0433. The highest BCUT2D eigenvalue weighted by Gasteiger charge is 2.34. The fraction of sp³-hybridized carbons (Fsp3) is 0.286. The second-order valence-corrected chi connectivity index (χ2v) is 6.93. The van der Waals surface area contributed by atoms with Gasteiger partial charge in [0.2, 0.25) is 17.6 Å². The van der Waals surface area contributed by atoms with E-state index >= 15 is 0 Å². The molecular weight excluding hydrogens is 326 g/mol. The largest absolute Gasteiger partial charge is 0.339 e. The molecule has 1 amide bonds. The molecule has 4 rings (SSSR count). The highest BCUT2D eigenvalue weighted by atomic mass is 16.5. The first kappa shape index (κ1) is 16.5. The van der Waals surface area contributed by atoms with E-state index in [1.807, 2.05) is 36.1 Å². The van der Waals surface area contributed by atoms with Crippen LogP contribution in [-0.4, -0.2) is 27.5 Å². The van der Waals surface area contributed by atoms with Crippen LogP contribution in [0, 0.1) is 13.8 Å². The summed E-state index contributed by atoms with van der Waals surface area (Å²) in [6.45, 7) is 5.31. The van der Waals surface area contributed by atoms with Crippen LogP contribution in [0.2, 0.25) is 0 Å². The minimum absolute atomic E-state index is 0.0433. The predicted molar refractivity (Wildman–Crippen MR) is 98.4 cm³/mol. The highest BCUT2D eigenvalue weighted by Crippen LogP contribution is 2.30. The number of aryl methyl sites for hydroxylation is 2. The van der Waals surface area contributed by atoms with Crippen molar-refractivity contribution in [3.8, 4) is 11.4 Å². The van der Waals surface area contributed by atoms with Gasteiger partial charge in [-0.2, -0.15) is 4.98 Å². The SMILES string of the molecule is Cc1ccc(CN2CC(c3nc(-c4ccccc4C)no3)CC2=O)cc1. The van der Waals surface area contributed by atoms with E-state index < -0.39 is 0 Å². The third kappa shape index (κ3) is 3.25. The quantitative estimate of drug-likeness (QED) is 0.719. The number of carbonyl (C=O) groups is 1. The molecule has 0 radical (unpaired) electrons. The molecule has 5 nitrogen and oxygen atoms in total. The standard InChI is InChI=1S/C21H21N3O2/c1-14-7-9-16(10-8-14)12-24-13-17(11-19(24)25)21-22-20(23-26-21)18-6-4-3-5-15(18)2/h3-10,17H,11-13H2,1-2H3. The number of amides is 1. The van der Waals surface area contributed by atoms with Crippen molar-refractivity contribution < 1.29 is 9.32 Å². The summed E-state index contributed by atoms with van der Waals surface area (Å²) in [7, 11) is 0. The zero-order valence-electron chi connectivity index (χ0n) is 15.0. The predicted octanol–water partition coefficient (Wildman–Crippen LogP) is 3.87. The van der Waals surface area contributed by atoms with Gasteiger partial charge in [0.1, 0.15) is 0 Å². The zero-order valence-corrected chi connectivity index (χ0v) is 15.0. The summed E-state index contributed by atoms with van der Waals surface area (Å²) >= 11 is 0. The van der Waals surface area contributed by atoms with Crippen molar-refractivity contribution in [3.63, 3.8) is 0 Å². The second kappa shape index (κ2) is 6.75. The van der Waals surface area contributed by atoms with Gasteiger partial charge in [0.25, 0.3) is 0 Å². The van der Waals surface area contributed by atoms with E-state index in [-0.39, 0.29) is 11.8 Å². The number of nitrogens with zero attached hydrogens (tertiary/aromatic N) is 3. The Morgan fingerprint density at radius 3 is 2.65 bits per heavy atom. The summed E-state index contributed by atoms with van der Waals surface area (Å²) in [4.78, 5) is 18.8. The lowest BCUT2D eigenvalue weighted by atomic mass is 10.1. The van der Waals surface area contributed by atoms with Crippen LogP contribution in [-0.2, 0) is 11.3 Å². The molecule has 2 aromatic carbocycles. The molecule has 1 atom stereocenters. The molecule has 1 aliphatic rings. The van der Waals surface area contributed by atoms with Gasteiger partial charge in [-0.1, -0.05) is 59.3 Å². The summed E-state index contributed by atoms with van der Waals surface area (Å²) in [5, 5.41) is 4.12. The van der Waals surface area contributed by atoms with Crippen molar-refractivity contribution in [2.45, 2.75) is 32.7 Å². The first-order valence-electron chi connectivity index (χ1n) is 8.83. The van der Waals surface area contributed by atoms with Crippen molar-refractivity contribution in [2.24, 2.45) is 0 Å². The molecule has 1 unspecified atom stereocenters. The van der Waals surface area contributed by atoms with Crippen molar-refractivity contribution in [3.05, 3.63) is 71.1 Å². The lowest BCUT2D eigenvalue weighted by molar-refractivity contribution is -0.128. The van der Waals surface area contributed by atoms with Crippen LogP contribution in [0.4, 0.5) is 0 Å². The Balaban J connectivity index is 1.49. The molecule has 3 aromatic rings. The number of carbonyl (C=O) groups excluding carboxylic acids is 1. The minimum Gasteiger partial charge on any atom is -0.339 e. The van der Waals surface area contributed by atoms with Crippen LogP contribution >= 0.6 is 0 Å². The van der Waals surface area contributed by atoms with E-state index in [1.165, 1.54) is 5.56 Å². The molecule has 2 heterocycles. The average molecular weight is 347 g/mol. The van der Waals surface area contributed by atoms with Crippen molar-refractivity contribution in [2.75, 3.05) is 6.54 Å². The average Bonchev–Trinajstić information content (AvgIpc) is 3.25. The van der Waals surface area contributed by atoms with Gasteiger partial charge in [0.15, 0.2) is 0 Å². The lowest BCUT2D eigenvalue weighted by Crippen LogP contribution is -2.24. The first-order chi connectivity index (χ1) is 12.6. The maximum Gasteiger partial charge on any atom is 0.232 e. The molecular formula is C21H21N3O2. The fourth-order valence-electron chi connectivity index (χ4n) is 3.34. The van der Waals surface area contributed by atoms with Crippen LogP contribution in [0.1, 0.15) is 34.9 Å². The summed E-state index contributed by atoms with van der Waals surface area (Å²) in [6.07, 6.45) is 0.418. The Hall–Kier alpha value is -2.95. The zero-order chi connectivity index (χ0) is 18.1. The number of likely N-dealkylation sites (tertiary alicyclic amines) is 1. The van der Waals surface area contributed by atoms with Gasteiger partial charge in [-0.3, -0.25) is 4.79 Å². The van der Waals surface area contributed by atoms with Crippen molar-refractivity contribution >= 4 is 5.91 Å². The molecule has 0 N–H and O–H groups in total. The molecule has 0 aliphatic carbocycles. The van der Waals surface area contributed by atoms with Gasteiger partial charge in [0.05, 0.1) is 5.92 Å². The van der Waals surface area contributed by atoms with Gasteiger partial charge in [-0.15, -0.1) is 0 Å². The molecule has 0 spiro atoms. The number of benzene rings is 2. The monoisotopic (exact) mass is 347 g/mol. The summed E-state index contributed by atoms with van der Waals surface area (Å²) in [5.74, 6) is 1.22. The number of aromatic nitrogens is 2. The topological polar surface area (TPSA) is 59.2 Å². The first-order valence-corrected chi connectivity index (χ1v) is 8.83. The van der Waals surface area contributed by atoms with E-state index in [2.05, 4.69) is 41.3 Å². The summed E-state index contributed by atoms with van der Waals surface area (Å²) in [5.41, 5.74) is 4.41. The third-order valence-electron chi connectivity index (χ3n) is 4.89. The van der Waals surface area contributed by atoms with Gasteiger partial charge >= 0.3 is 0 Å². The van der Waals surface area contributed by atoms with E-state index in [0.29, 0.717) is 31.2 Å². The molecule has 1 aliphatic heterocycles. The smallest absolute Gasteiger partial charge is 0.232 e. The van der Waals surface area contributed by atoms with E-state index in [1.54, 1.807) is 0 Å². The molecule has 0 saturated carbocycles. The Kier molecular flexibility index (Phi) is 4.29. The van der Waals surface area contributed by atoms with Gasteiger partial charge in [0, 0.05) is 25.1 Å². The fourth-order valence-corrected chi connectivity index (χ4v) is 3.34. The Bertz CT molecular complexity index is 930. The van der Waals surface area contributed by atoms with Gasteiger partial charge in [-0.05, 0) is 25.0 Å². The second-order valence-electron chi connectivity index (χ2n) is 6.93. The van der Waals surface area contributed by atoms with Crippen LogP contribution in [0.3, 0.4) is 0 Å². The van der Waals surface area contributed by atoms with Crippen LogP contribution < -0.4 is 0 Å². The van der Waals surface area contributed by atoms with Crippen molar-refractivity contribution in [1.29, 1.82) is 0 Å². The van der Waals surface area contributed by atoms with Gasteiger partial charge in [-0.25, -0.2) is 0 Å². The maximum absolute atomic E-state index is 12.4. The molecule has 132 valence electrons. The Labute approximate surface area is 152 Å². The van der Waals surface area contributed by atoms with Crippen LogP contribution in [0.25, 0.3) is 11.4 Å². The number of hydrogen-bond acceptors (Lipinski definition) is 4. The summed E-state index contributed by atoms with van der Waals surface area (Å²) in [6, 6.07) is 16.2. The van der Waals surface area contributed by atoms with Crippen LogP contribution in [0.15, 0.2) is 53.1 Å². The van der Waals surface area contributed by atoms with Crippen LogP contribution in [0.5, 0.6) is 0 Å². The Morgan fingerprint density at radius 2 is 1.88 bits per heavy atom. The Morgan fingerprint density at radius 1 is 1.12 bits per heavy atom. The lowest BCUT2D eigenvalue weighted by Gasteiger charge is -2.16. The number of hydrogen-bond donors (Lipinski definition) is 0. The number of rotatable bonds is 4. The third-order valence-corrected chi connectivity index (χ3v) is 4.89. The molecule has 0 bridgehead atoms. The molecule has 1 saturated heterocycles. The van der Waals surface area contributed by atoms with E-state index in [4.69, 9.17) is 4.52 Å². The van der Waals surface area contributed by atoms with E-state index in [9.17, 15) is 4.79 Å². The van der Waals surface area contributed by atoms with Gasteiger partial charge < -0.3 is 9.42 Å². The van der Waals surface area contributed by atoms with E-state index in [0.717, 1.165) is 16.7 Å². The maximum atomic E-state index is 12.4. The highest BCUT2D eigenvalue weighted by molar-refractivity contribution is 5.79. The molecule has 1 fully saturated rings. The molecule has 5 heteroatoms. The van der Waals surface area contributed by atoms with Crippen molar-refractivity contribution in [1.82, 2.24) is 15.0 Å². The molecule has 1 aromatic heterocycles. The molecule has 26 heavy (non-hydrogen) atoms. The normalized spacial score (nSPS) is 17.1.